The van der Waals surface area contributed by atoms with Gasteiger partial charge in [-0.3, -0.25) is 4.90 Å². The molecule has 1 aromatic rings. The molecule has 0 aliphatic carbocycles. The third-order valence-electron chi connectivity index (χ3n) is 2.95. The van der Waals surface area contributed by atoms with Crippen molar-refractivity contribution < 1.29 is 0 Å². The minimum Gasteiger partial charge on any atom is -0.326 e. The van der Waals surface area contributed by atoms with Crippen LogP contribution in [0.25, 0.3) is 0 Å². The Morgan fingerprint density at radius 1 is 1.53 bits per heavy atom. The Labute approximate surface area is 99.6 Å². The number of rotatable bonds is 2. The Hall–Kier alpha value is -0.380. The van der Waals surface area contributed by atoms with E-state index in [0.29, 0.717) is 6.04 Å². The zero-order valence-electron chi connectivity index (χ0n) is 9.04. The van der Waals surface area contributed by atoms with Gasteiger partial charge < -0.3 is 5.73 Å². The van der Waals surface area contributed by atoms with Gasteiger partial charge in [0.05, 0.1) is 0 Å². The predicted octanol–water partition coefficient (Wildman–Crippen LogP) is 2.29. The monoisotopic (exact) mass is 268 g/mol. The lowest BCUT2D eigenvalue weighted by Gasteiger charge is -2.15. The van der Waals surface area contributed by atoms with Crippen molar-refractivity contribution in [2.75, 3.05) is 13.1 Å². The first kappa shape index (κ1) is 11.1. The van der Waals surface area contributed by atoms with E-state index in [1.807, 2.05) is 0 Å². The van der Waals surface area contributed by atoms with Crippen LogP contribution in [0.2, 0.25) is 0 Å². The van der Waals surface area contributed by atoms with Crippen LogP contribution in [-0.4, -0.2) is 24.0 Å². The van der Waals surface area contributed by atoms with Crippen molar-refractivity contribution in [2.24, 2.45) is 5.73 Å². The highest BCUT2D eigenvalue weighted by atomic mass is 79.9. The smallest absolute Gasteiger partial charge is 0.0234 e. The van der Waals surface area contributed by atoms with Crippen LogP contribution >= 0.6 is 15.9 Å². The summed E-state index contributed by atoms with van der Waals surface area (Å²) in [7, 11) is 0. The highest BCUT2D eigenvalue weighted by Crippen LogP contribution is 2.19. The van der Waals surface area contributed by atoms with Gasteiger partial charge in [0.1, 0.15) is 0 Å². The van der Waals surface area contributed by atoms with Gasteiger partial charge >= 0.3 is 0 Å². The third kappa shape index (κ3) is 2.80. The second kappa shape index (κ2) is 4.64. The number of hydrogen-bond donors (Lipinski definition) is 1. The minimum absolute atomic E-state index is 0.374. The minimum atomic E-state index is 0.374. The van der Waals surface area contributed by atoms with Crippen molar-refractivity contribution in [2.45, 2.75) is 25.9 Å². The van der Waals surface area contributed by atoms with E-state index in [1.54, 1.807) is 0 Å². The Bertz CT molecular complexity index is 351. The number of benzene rings is 1. The summed E-state index contributed by atoms with van der Waals surface area (Å²) in [5.41, 5.74) is 8.53. The summed E-state index contributed by atoms with van der Waals surface area (Å²) in [6.45, 7) is 5.30. The van der Waals surface area contributed by atoms with Gasteiger partial charge in [-0.25, -0.2) is 0 Å². The van der Waals surface area contributed by atoms with E-state index < -0.39 is 0 Å². The molecule has 15 heavy (non-hydrogen) atoms. The molecule has 0 saturated carbocycles. The molecule has 3 heteroatoms. The Balaban J connectivity index is 2.02. The van der Waals surface area contributed by atoms with Crippen LogP contribution in [-0.2, 0) is 6.54 Å². The first-order valence-electron chi connectivity index (χ1n) is 5.38. The van der Waals surface area contributed by atoms with Gasteiger partial charge in [-0.15, -0.1) is 0 Å². The van der Waals surface area contributed by atoms with E-state index in [9.17, 15) is 0 Å². The number of halogens is 1. The largest absolute Gasteiger partial charge is 0.326 e. The summed E-state index contributed by atoms with van der Waals surface area (Å²) in [5, 5.41) is 0. The molecular weight excluding hydrogens is 252 g/mol. The van der Waals surface area contributed by atoms with Crippen molar-refractivity contribution >= 4 is 15.9 Å². The normalized spacial score (nSPS) is 22.2. The fourth-order valence-electron chi connectivity index (χ4n) is 2.00. The van der Waals surface area contributed by atoms with Crippen molar-refractivity contribution in [1.82, 2.24) is 4.90 Å². The van der Waals surface area contributed by atoms with Crippen molar-refractivity contribution in [3.8, 4) is 0 Å². The lowest BCUT2D eigenvalue weighted by atomic mass is 10.1. The van der Waals surface area contributed by atoms with Crippen LogP contribution in [0.5, 0.6) is 0 Å². The molecule has 1 aromatic carbocycles. The first-order chi connectivity index (χ1) is 7.15. The van der Waals surface area contributed by atoms with Crippen LogP contribution in [0.4, 0.5) is 0 Å². The summed E-state index contributed by atoms with van der Waals surface area (Å²) in [5.74, 6) is 0. The highest BCUT2D eigenvalue weighted by Gasteiger charge is 2.18. The third-order valence-corrected chi connectivity index (χ3v) is 3.81. The van der Waals surface area contributed by atoms with Crippen molar-refractivity contribution in [1.29, 1.82) is 0 Å². The van der Waals surface area contributed by atoms with E-state index >= 15 is 0 Å². The number of hydrogen-bond acceptors (Lipinski definition) is 2. The molecule has 1 saturated heterocycles. The molecule has 0 aromatic heterocycles. The van der Waals surface area contributed by atoms with Gasteiger partial charge in [0.25, 0.3) is 0 Å². The fourth-order valence-corrected chi connectivity index (χ4v) is 2.43. The Morgan fingerprint density at radius 3 is 2.93 bits per heavy atom. The zero-order valence-corrected chi connectivity index (χ0v) is 10.6. The van der Waals surface area contributed by atoms with Crippen LogP contribution in [0.15, 0.2) is 22.7 Å². The molecular formula is C12H17BrN2. The molecule has 1 aliphatic heterocycles. The van der Waals surface area contributed by atoms with Gasteiger partial charge in [-0.05, 0) is 30.5 Å². The molecule has 0 radical (unpaired) electrons. The number of nitrogens with zero attached hydrogens (tertiary/aromatic N) is 1. The maximum atomic E-state index is 5.88. The van der Waals surface area contributed by atoms with Crippen LogP contribution in [0.3, 0.4) is 0 Å². The first-order valence-corrected chi connectivity index (χ1v) is 6.17. The summed E-state index contributed by atoms with van der Waals surface area (Å²) in [4.78, 5) is 2.42. The van der Waals surface area contributed by atoms with Gasteiger partial charge in [-0.1, -0.05) is 28.1 Å². The molecule has 1 atom stereocenters. The topological polar surface area (TPSA) is 29.3 Å². The molecule has 2 N–H and O–H groups in total. The van der Waals surface area contributed by atoms with Crippen LogP contribution in [0, 0.1) is 6.92 Å². The molecule has 0 amide bonds. The molecule has 1 unspecified atom stereocenters. The second-order valence-corrected chi connectivity index (χ2v) is 5.22. The van der Waals surface area contributed by atoms with Gasteiger partial charge in [0.15, 0.2) is 0 Å². The predicted molar refractivity (Wildman–Crippen MR) is 66.7 cm³/mol. The molecule has 2 rings (SSSR count). The maximum absolute atomic E-state index is 5.88. The lowest BCUT2D eigenvalue weighted by molar-refractivity contribution is 0.327. The SMILES string of the molecule is Cc1ccc(CN2CCC(N)C2)cc1Br. The lowest BCUT2D eigenvalue weighted by Crippen LogP contribution is -2.26. The van der Waals surface area contributed by atoms with Crippen molar-refractivity contribution in [3.63, 3.8) is 0 Å². The standard InChI is InChI=1S/C12H17BrN2/c1-9-2-3-10(6-12(9)13)7-15-5-4-11(14)8-15/h2-3,6,11H,4-5,7-8,14H2,1H3. The van der Waals surface area contributed by atoms with Crippen molar-refractivity contribution in [3.05, 3.63) is 33.8 Å². The average Bonchev–Trinajstić information content (AvgIpc) is 2.58. The summed E-state index contributed by atoms with van der Waals surface area (Å²) < 4.78 is 1.20. The number of nitrogens with two attached hydrogens (primary N) is 1. The summed E-state index contributed by atoms with van der Waals surface area (Å²) >= 11 is 3.56. The molecule has 1 fully saturated rings. The molecule has 1 aliphatic rings. The van der Waals surface area contributed by atoms with Gasteiger partial charge in [0.2, 0.25) is 0 Å². The second-order valence-electron chi connectivity index (χ2n) is 4.37. The fraction of sp³-hybridized carbons (Fsp3) is 0.500. The van der Waals surface area contributed by atoms with E-state index in [0.717, 1.165) is 26.1 Å². The molecule has 0 bridgehead atoms. The van der Waals surface area contributed by atoms with Gasteiger partial charge in [-0.2, -0.15) is 0 Å². The summed E-state index contributed by atoms with van der Waals surface area (Å²) in [6, 6.07) is 6.94. The highest BCUT2D eigenvalue weighted by molar-refractivity contribution is 9.10. The Kier molecular flexibility index (Phi) is 3.44. The maximum Gasteiger partial charge on any atom is 0.0234 e. The molecule has 1 heterocycles. The van der Waals surface area contributed by atoms with Crippen LogP contribution < -0.4 is 5.73 Å². The van der Waals surface area contributed by atoms with E-state index in [2.05, 4.69) is 46.0 Å². The summed E-state index contributed by atoms with van der Waals surface area (Å²) in [6.07, 6.45) is 1.13. The average molecular weight is 269 g/mol. The van der Waals surface area contributed by atoms with E-state index in [1.165, 1.54) is 15.6 Å². The number of likely N-dealkylation sites (tertiary alicyclic amines) is 1. The quantitative estimate of drug-likeness (QED) is 0.892. The van der Waals surface area contributed by atoms with E-state index in [-0.39, 0.29) is 0 Å². The van der Waals surface area contributed by atoms with Gasteiger partial charge in [0, 0.05) is 30.1 Å². The Morgan fingerprint density at radius 2 is 2.33 bits per heavy atom. The molecule has 2 nitrogen and oxygen atoms in total. The van der Waals surface area contributed by atoms with E-state index in [4.69, 9.17) is 5.73 Å². The molecule has 0 spiro atoms. The number of aryl methyl sites for hydroxylation is 1. The van der Waals surface area contributed by atoms with Crippen LogP contribution in [0.1, 0.15) is 17.5 Å². The molecule has 82 valence electrons. The zero-order chi connectivity index (χ0) is 10.8.